The van der Waals surface area contributed by atoms with Crippen molar-refractivity contribution in [1.82, 2.24) is 0 Å². The number of halogens is 6. The van der Waals surface area contributed by atoms with Crippen molar-refractivity contribution in [1.29, 1.82) is 0 Å². The van der Waals surface area contributed by atoms with E-state index in [-0.39, 0.29) is 0 Å². The molecule has 0 aliphatic rings. The average Bonchev–Trinajstić information content (AvgIpc) is 2.41. The number of hydrogen-bond acceptors (Lipinski definition) is 0. The van der Waals surface area contributed by atoms with Gasteiger partial charge in [0, 0.05) is 0 Å². The molecule has 0 fully saturated rings. The van der Waals surface area contributed by atoms with Crippen LogP contribution in [-0.4, -0.2) is 0 Å². The van der Waals surface area contributed by atoms with Crippen LogP contribution in [0.15, 0.2) is 36.4 Å². The summed E-state index contributed by atoms with van der Waals surface area (Å²) in [6, 6.07) is 5.47. The Morgan fingerprint density at radius 1 is 0.714 bits per heavy atom. The zero-order chi connectivity index (χ0) is 16.4. The molecule has 0 saturated carbocycles. The minimum atomic E-state index is -0.698. The van der Waals surface area contributed by atoms with Crippen LogP contribution >= 0.6 is 18.8 Å². The molecular weight excluding hydrogens is 514 g/mol. The van der Waals surface area contributed by atoms with Gasteiger partial charge in [-0.2, -0.15) is 0 Å². The SMILES string of the molecule is [Cl][Pt+2][Cl].[NH-]c1cc(F)ccc1F.[NH-]c1cc(F)ccc1F. The summed E-state index contributed by atoms with van der Waals surface area (Å²) >= 11 is -0.472. The monoisotopic (exact) mass is 521 g/mol. The minimum absolute atomic E-state index is 0.407. The van der Waals surface area contributed by atoms with Crippen LogP contribution < -0.4 is 0 Å². The maximum Gasteiger partial charge on any atom is 0.122 e. The van der Waals surface area contributed by atoms with Gasteiger partial charge in [0.25, 0.3) is 0 Å². The van der Waals surface area contributed by atoms with E-state index in [2.05, 4.69) is 0 Å². The summed E-state index contributed by atoms with van der Waals surface area (Å²) in [5.41, 5.74) is 12.7. The van der Waals surface area contributed by atoms with Crippen LogP contribution in [0.4, 0.5) is 28.9 Å². The predicted octanol–water partition coefficient (Wildman–Crippen LogP) is 6.67. The fraction of sp³-hybridized carbons (Fsp3) is 0. The van der Waals surface area contributed by atoms with E-state index >= 15 is 0 Å². The van der Waals surface area contributed by atoms with E-state index in [0.717, 1.165) is 36.4 Å². The normalized spacial score (nSPS) is 9.24. The zero-order valence-corrected chi connectivity index (χ0v) is 13.8. The van der Waals surface area contributed by atoms with E-state index in [0.29, 0.717) is 0 Å². The Kier molecular flexibility index (Phi) is 10.2. The molecule has 118 valence electrons. The van der Waals surface area contributed by atoms with Gasteiger partial charge in [-0.3, -0.25) is 0 Å². The van der Waals surface area contributed by atoms with Gasteiger partial charge >= 0.3 is 35.3 Å². The molecule has 2 rings (SSSR count). The van der Waals surface area contributed by atoms with Crippen molar-refractivity contribution >= 4 is 30.2 Å². The van der Waals surface area contributed by atoms with E-state index < -0.39 is 51.1 Å². The number of benzene rings is 2. The van der Waals surface area contributed by atoms with E-state index in [4.69, 9.17) is 30.3 Å². The minimum Gasteiger partial charge on any atom is -0.696 e. The molecule has 0 spiro atoms. The van der Waals surface area contributed by atoms with E-state index in [9.17, 15) is 17.6 Å². The fourth-order valence-corrected chi connectivity index (χ4v) is 0.995. The Hall–Kier alpha value is -0.972. The molecular formula is C12H8Cl2F4N2Pt. The summed E-state index contributed by atoms with van der Waals surface area (Å²) in [6.07, 6.45) is 0. The molecule has 2 nitrogen and oxygen atoms in total. The molecule has 0 radical (unpaired) electrons. The van der Waals surface area contributed by atoms with Crippen molar-refractivity contribution < 1.29 is 34.0 Å². The molecule has 21 heavy (non-hydrogen) atoms. The summed E-state index contributed by atoms with van der Waals surface area (Å²) in [7, 11) is 9.75. The van der Waals surface area contributed by atoms with Crippen molar-refractivity contribution in [3.63, 3.8) is 0 Å². The molecule has 2 aromatic rings. The summed E-state index contributed by atoms with van der Waals surface area (Å²) < 4.78 is 48.4. The number of rotatable bonds is 0. The summed E-state index contributed by atoms with van der Waals surface area (Å²) in [6.45, 7) is 0. The summed E-state index contributed by atoms with van der Waals surface area (Å²) in [5.74, 6) is -2.56. The van der Waals surface area contributed by atoms with Gasteiger partial charge in [-0.25, -0.2) is 17.6 Å². The van der Waals surface area contributed by atoms with Gasteiger partial charge in [0.1, 0.15) is 23.3 Å². The first-order chi connectivity index (χ1) is 9.81. The Labute approximate surface area is 135 Å². The second kappa shape index (κ2) is 10.7. The molecule has 2 aromatic carbocycles. The van der Waals surface area contributed by atoms with Gasteiger partial charge < -0.3 is 11.5 Å². The number of nitrogens with one attached hydrogen (secondary N) is 2. The van der Waals surface area contributed by atoms with Crippen molar-refractivity contribution in [3.05, 3.63) is 71.1 Å². The molecule has 0 aliphatic heterocycles. The van der Waals surface area contributed by atoms with Crippen LogP contribution in [-0.2, 0) is 16.5 Å². The third kappa shape index (κ3) is 8.81. The maximum atomic E-state index is 12.1. The van der Waals surface area contributed by atoms with Crippen LogP contribution in [0.3, 0.4) is 0 Å². The average molecular weight is 522 g/mol. The van der Waals surface area contributed by atoms with E-state index in [1.807, 2.05) is 0 Å². The molecule has 0 aliphatic carbocycles. The largest absolute Gasteiger partial charge is 0.696 e. The molecule has 2 N–H and O–H groups in total. The maximum absolute atomic E-state index is 12.1. The van der Waals surface area contributed by atoms with Crippen LogP contribution in [0.2, 0.25) is 0 Å². The Morgan fingerprint density at radius 2 is 1.00 bits per heavy atom. The molecule has 0 aromatic heterocycles. The van der Waals surface area contributed by atoms with Gasteiger partial charge in [-0.1, -0.05) is 0 Å². The molecule has 9 heteroatoms. The second-order valence-electron chi connectivity index (χ2n) is 3.29. The third-order valence-electron chi connectivity index (χ3n) is 1.86. The van der Waals surface area contributed by atoms with Gasteiger partial charge in [-0.15, -0.1) is 11.4 Å². The van der Waals surface area contributed by atoms with Crippen molar-refractivity contribution in [2.75, 3.05) is 0 Å². The predicted molar refractivity (Wildman–Crippen MR) is 72.4 cm³/mol. The standard InChI is InChI=1S/2C6H4F2N.2ClH.Pt/c2*7-4-1-2-5(8)6(9)3-4;;;/h2*1-3,9H;2*1H;/q2*-1;;;+4/p-2. The fourth-order valence-electron chi connectivity index (χ4n) is 0.995. The van der Waals surface area contributed by atoms with Crippen LogP contribution in [0.1, 0.15) is 0 Å². The van der Waals surface area contributed by atoms with Crippen LogP contribution in [0, 0.1) is 23.3 Å². The third-order valence-corrected chi connectivity index (χ3v) is 1.86. The molecule has 0 atom stereocenters. The molecule has 0 bridgehead atoms. The Morgan fingerprint density at radius 3 is 1.19 bits per heavy atom. The smallest absolute Gasteiger partial charge is 0.122 e. The molecule has 0 heterocycles. The van der Waals surface area contributed by atoms with Crippen molar-refractivity contribution in [3.8, 4) is 0 Å². The van der Waals surface area contributed by atoms with E-state index in [1.165, 1.54) is 0 Å². The topological polar surface area (TPSA) is 47.6 Å². The zero-order valence-electron chi connectivity index (χ0n) is 10.0. The first-order valence-electron chi connectivity index (χ1n) is 4.97. The molecule has 0 unspecified atom stereocenters. The quantitative estimate of drug-likeness (QED) is 0.347. The Balaban J connectivity index is 0.000000322. The van der Waals surface area contributed by atoms with Crippen molar-refractivity contribution in [2.45, 2.75) is 0 Å². The molecule has 0 amide bonds. The molecule has 0 saturated heterocycles. The number of hydrogen-bond donors (Lipinski definition) is 0. The van der Waals surface area contributed by atoms with Gasteiger partial charge in [0.05, 0.1) is 0 Å². The van der Waals surface area contributed by atoms with E-state index in [1.54, 1.807) is 0 Å². The van der Waals surface area contributed by atoms with Crippen LogP contribution in [0.5, 0.6) is 0 Å². The summed E-state index contributed by atoms with van der Waals surface area (Å²) in [5, 5.41) is 0. The van der Waals surface area contributed by atoms with Gasteiger partial charge in [0.15, 0.2) is 0 Å². The van der Waals surface area contributed by atoms with Crippen molar-refractivity contribution in [2.24, 2.45) is 0 Å². The van der Waals surface area contributed by atoms with Gasteiger partial charge in [0.2, 0.25) is 0 Å². The first-order valence-corrected chi connectivity index (χ1v) is 10.6. The van der Waals surface area contributed by atoms with Gasteiger partial charge in [-0.05, 0) is 36.4 Å². The van der Waals surface area contributed by atoms with Crippen LogP contribution in [0.25, 0.3) is 11.5 Å². The Bertz CT molecular complexity index is 523. The second-order valence-corrected chi connectivity index (χ2v) is 6.58. The summed E-state index contributed by atoms with van der Waals surface area (Å²) in [4.78, 5) is 0. The first kappa shape index (κ1) is 20.0.